The number of halogens is 1. The number of fused-ring (bicyclic) bond motifs is 1. The molecule has 0 unspecified atom stereocenters. The first-order valence-corrected chi connectivity index (χ1v) is 8.67. The van der Waals surface area contributed by atoms with Crippen LogP contribution in [-0.4, -0.2) is 46.7 Å². The summed E-state index contributed by atoms with van der Waals surface area (Å²) in [4.78, 5) is 10.3. The van der Waals surface area contributed by atoms with Crippen LogP contribution >= 0.6 is 11.6 Å². The van der Waals surface area contributed by atoms with E-state index in [1.807, 2.05) is 50.1 Å². The van der Waals surface area contributed by atoms with Crippen LogP contribution in [0.1, 0.15) is 12.0 Å². The number of hydrogen-bond acceptors (Lipinski definition) is 5. The number of benzene rings is 1. The number of nitrogens with zero attached hydrogens (tertiary/aromatic N) is 5. The molecule has 2 aromatic heterocycles. The highest BCUT2D eigenvalue weighted by molar-refractivity contribution is 6.28. The van der Waals surface area contributed by atoms with Crippen molar-refractivity contribution in [3.8, 4) is 23.1 Å². The third-order valence-electron chi connectivity index (χ3n) is 4.12. The fourth-order valence-electron chi connectivity index (χ4n) is 2.86. The summed E-state index contributed by atoms with van der Waals surface area (Å²) in [6.07, 6.45) is 4.36. The maximum atomic E-state index is 9.35. The largest absolute Gasteiger partial charge is 0.493 e. The Bertz CT molecular complexity index is 974. The van der Waals surface area contributed by atoms with E-state index in [0.717, 1.165) is 35.2 Å². The quantitative estimate of drug-likeness (QED) is 0.491. The van der Waals surface area contributed by atoms with Gasteiger partial charge < -0.3 is 14.2 Å². The Hall–Kier alpha value is -2.62. The predicted molar refractivity (Wildman–Crippen MR) is 102 cm³/mol. The van der Waals surface area contributed by atoms with Crippen molar-refractivity contribution in [1.82, 2.24) is 19.4 Å². The lowest BCUT2D eigenvalue weighted by atomic mass is 10.1. The Labute approximate surface area is 157 Å². The monoisotopic (exact) mass is 369 g/mol. The molecule has 1 aromatic carbocycles. The molecule has 0 N–H and O–H groups in total. The maximum Gasteiger partial charge on any atom is 0.222 e. The number of aryl methyl sites for hydroxylation is 1. The lowest BCUT2D eigenvalue weighted by Crippen LogP contribution is -2.15. The molecular formula is C19H20ClN5O. The van der Waals surface area contributed by atoms with Crippen molar-refractivity contribution in [1.29, 1.82) is 5.26 Å². The number of rotatable bonds is 6. The average molecular weight is 370 g/mol. The van der Waals surface area contributed by atoms with Crippen LogP contribution in [0, 0.1) is 11.3 Å². The first-order chi connectivity index (χ1) is 12.5. The minimum absolute atomic E-state index is 0.122. The molecule has 6 nitrogen and oxygen atoms in total. The number of aromatic nitrogens is 3. The third-order valence-corrected chi connectivity index (χ3v) is 4.30. The van der Waals surface area contributed by atoms with Gasteiger partial charge in [-0.25, -0.2) is 9.97 Å². The number of hydrogen-bond donors (Lipinski definition) is 0. The van der Waals surface area contributed by atoms with Crippen molar-refractivity contribution >= 4 is 22.5 Å². The summed E-state index contributed by atoms with van der Waals surface area (Å²) in [5.41, 5.74) is 2.79. The molecule has 0 spiro atoms. The minimum Gasteiger partial charge on any atom is -0.493 e. The van der Waals surface area contributed by atoms with Crippen LogP contribution in [0.5, 0.6) is 5.75 Å². The van der Waals surface area contributed by atoms with E-state index in [-0.39, 0.29) is 5.28 Å². The number of nitriles is 1. The third kappa shape index (κ3) is 3.79. The van der Waals surface area contributed by atoms with Gasteiger partial charge in [0.2, 0.25) is 5.28 Å². The van der Waals surface area contributed by atoms with E-state index in [9.17, 15) is 5.26 Å². The molecule has 0 saturated carbocycles. The van der Waals surface area contributed by atoms with Crippen LogP contribution in [0.3, 0.4) is 0 Å². The second-order valence-electron chi connectivity index (χ2n) is 6.35. The fourth-order valence-corrected chi connectivity index (χ4v) is 2.99. The van der Waals surface area contributed by atoms with Crippen molar-refractivity contribution in [2.75, 3.05) is 27.2 Å². The van der Waals surface area contributed by atoms with Gasteiger partial charge >= 0.3 is 0 Å². The van der Waals surface area contributed by atoms with Gasteiger partial charge in [-0.15, -0.1) is 0 Å². The molecule has 2 heterocycles. The van der Waals surface area contributed by atoms with E-state index in [2.05, 4.69) is 20.9 Å². The van der Waals surface area contributed by atoms with E-state index in [4.69, 9.17) is 16.3 Å². The molecule has 0 amide bonds. The molecule has 3 aromatic rings. The van der Waals surface area contributed by atoms with Crippen LogP contribution in [0.4, 0.5) is 0 Å². The molecule has 3 rings (SSSR count). The number of ether oxygens (including phenoxy) is 1. The van der Waals surface area contributed by atoms with Crippen molar-refractivity contribution in [3.05, 3.63) is 41.4 Å². The molecule has 0 saturated heterocycles. The fraction of sp³-hybridized carbons (Fsp3) is 0.316. The van der Waals surface area contributed by atoms with Crippen molar-refractivity contribution in [2.24, 2.45) is 7.05 Å². The van der Waals surface area contributed by atoms with Crippen LogP contribution in [-0.2, 0) is 7.05 Å². The molecule has 0 aliphatic heterocycles. The summed E-state index contributed by atoms with van der Waals surface area (Å²) in [5, 5.41) is 10.5. The second-order valence-corrected chi connectivity index (χ2v) is 6.69. The Morgan fingerprint density at radius 2 is 2.15 bits per heavy atom. The van der Waals surface area contributed by atoms with Crippen LogP contribution < -0.4 is 4.74 Å². The smallest absolute Gasteiger partial charge is 0.222 e. The molecule has 0 radical (unpaired) electrons. The molecule has 0 aliphatic carbocycles. The summed E-state index contributed by atoms with van der Waals surface area (Å²) >= 11 is 5.94. The zero-order chi connectivity index (χ0) is 18.7. The predicted octanol–water partition coefficient (Wildman–Crippen LogP) is 3.49. The first kappa shape index (κ1) is 18.2. The van der Waals surface area contributed by atoms with Gasteiger partial charge in [-0.2, -0.15) is 5.26 Å². The Morgan fingerprint density at radius 1 is 1.35 bits per heavy atom. The van der Waals surface area contributed by atoms with Gasteiger partial charge in [0, 0.05) is 36.8 Å². The van der Waals surface area contributed by atoms with E-state index >= 15 is 0 Å². The lowest BCUT2D eigenvalue weighted by molar-refractivity contribution is 0.282. The molecule has 0 fully saturated rings. The molecule has 7 heteroatoms. The van der Waals surface area contributed by atoms with E-state index in [1.165, 1.54) is 6.20 Å². The normalized spacial score (nSPS) is 11.1. The van der Waals surface area contributed by atoms with Crippen molar-refractivity contribution in [3.63, 3.8) is 0 Å². The van der Waals surface area contributed by atoms with Gasteiger partial charge in [0.05, 0.1) is 29.6 Å². The van der Waals surface area contributed by atoms with Crippen LogP contribution in [0.2, 0.25) is 5.28 Å². The van der Waals surface area contributed by atoms with Gasteiger partial charge in [0.15, 0.2) is 0 Å². The second kappa shape index (κ2) is 7.73. The van der Waals surface area contributed by atoms with Crippen LogP contribution in [0.15, 0.2) is 30.6 Å². The highest BCUT2D eigenvalue weighted by Gasteiger charge is 2.15. The zero-order valence-electron chi connectivity index (χ0n) is 15.0. The van der Waals surface area contributed by atoms with Gasteiger partial charge in [0.25, 0.3) is 0 Å². The average Bonchev–Trinajstić information content (AvgIpc) is 2.95. The van der Waals surface area contributed by atoms with Crippen LogP contribution in [0.25, 0.3) is 22.2 Å². The van der Waals surface area contributed by atoms with Gasteiger partial charge in [-0.1, -0.05) is 0 Å². The molecular weight excluding hydrogens is 350 g/mol. The van der Waals surface area contributed by atoms with E-state index < -0.39 is 0 Å². The Morgan fingerprint density at radius 3 is 2.88 bits per heavy atom. The highest BCUT2D eigenvalue weighted by Crippen LogP contribution is 2.33. The standard InChI is InChI=1S/C19H20ClN5O/c1-24(2)7-4-8-26-14-5-6-15-16(12-25(3)17(15)9-14)18-13(10-21)11-22-19(20)23-18/h5-6,9,11-12H,4,7-8H2,1-3H3. The SMILES string of the molecule is CN(C)CCCOc1ccc2c(-c3nc(Cl)ncc3C#N)cn(C)c2c1. The Kier molecular flexibility index (Phi) is 5.40. The molecule has 134 valence electrons. The Balaban J connectivity index is 1.93. The highest BCUT2D eigenvalue weighted by atomic mass is 35.5. The molecule has 26 heavy (non-hydrogen) atoms. The van der Waals surface area contributed by atoms with Gasteiger partial charge in [-0.3, -0.25) is 0 Å². The summed E-state index contributed by atoms with van der Waals surface area (Å²) < 4.78 is 7.85. The molecule has 0 atom stereocenters. The minimum atomic E-state index is 0.122. The van der Waals surface area contributed by atoms with Gasteiger partial charge in [-0.05, 0) is 44.2 Å². The lowest BCUT2D eigenvalue weighted by Gasteiger charge is -2.10. The van der Waals surface area contributed by atoms with E-state index in [0.29, 0.717) is 17.9 Å². The van der Waals surface area contributed by atoms with E-state index in [1.54, 1.807) is 0 Å². The summed E-state index contributed by atoms with van der Waals surface area (Å²) in [6.45, 7) is 1.66. The summed E-state index contributed by atoms with van der Waals surface area (Å²) in [7, 11) is 6.05. The van der Waals surface area contributed by atoms with Crippen molar-refractivity contribution in [2.45, 2.75) is 6.42 Å². The van der Waals surface area contributed by atoms with Gasteiger partial charge in [0.1, 0.15) is 11.8 Å². The molecule has 0 aliphatic rings. The summed E-state index contributed by atoms with van der Waals surface area (Å²) in [6, 6.07) is 8.06. The maximum absolute atomic E-state index is 9.35. The zero-order valence-corrected chi connectivity index (χ0v) is 15.8. The topological polar surface area (TPSA) is 67.0 Å². The molecule has 0 bridgehead atoms. The van der Waals surface area contributed by atoms with Crippen molar-refractivity contribution < 1.29 is 4.74 Å². The summed E-state index contributed by atoms with van der Waals surface area (Å²) in [5.74, 6) is 0.824. The first-order valence-electron chi connectivity index (χ1n) is 8.29.